The van der Waals surface area contributed by atoms with Crippen LogP contribution < -0.4 is 9.88 Å². The number of nitrogens with two attached hydrogens (primary N) is 1. The maximum absolute atomic E-state index is 11.3. The molecule has 3 aromatic carbocycles. The second-order valence-electron chi connectivity index (χ2n) is 7.97. The Morgan fingerprint density at radius 1 is 0.781 bits per heavy atom. The molecule has 0 amide bonds. The van der Waals surface area contributed by atoms with Gasteiger partial charge in [0.2, 0.25) is 10.0 Å². The lowest BCUT2D eigenvalue weighted by atomic mass is 9.96. The van der Waals surface area contributed by atoms with Gasteiger partial charge in [0.25, 0.3) is 0 Å². The standard InChI is InChI=1S/C25H29N3O3S/c26-32(29,30)24-13-11-23(12-14-24)31-20-19-27-15-17-28(18-16-27)25(21-7-3-1-4-8-21)22-9-5-2-6-10-22/h1-14,25H,15-20H2,(H2,26,29,30). The Balaban J connectivity index is 1.31. The van der Waals surface area contributed by atoms with E-state index >= 15 is 0 Å². The van der Waals surface area contributed by atoms with Gasteiger partial charge in [-0.05, 0) is 35.4 Å². The van der Waals surface area contributed by atoms with Crippen molar-refractivity contribution in [1.29, 1.82) is 0 Å². The molecule has 1 aliphatic heterocycles. The highest BCUT2D eigenvalue weighted by Gasteiger charge is 2.26. The number of ether oxygens (including phenoxy) is 1. The highest BCUT2D eigenvalue weighted by molar-refractivity contribution is 7.89. The largest absolute Gasteiger partial charge is 0.492 e. The van der Waals surface area contributed by atoms with E-state index in [2.05, 4.69) is 70.5 Å². The summed E-state index contributed by atoms with van der Waals surface area (Å²) in [6, 6.07) is 27.9. The van der Waals surface area contributed by atoms with Gasteiger partial charge in [0.05, 0.1) is 10.9 Å². The van der Waals surface area contributed by atoms with Crippen LogP contribution in [0.4, 0.5) is 0 Å². The quantitative estimate of drug-likeness (QED) is 0.570. The number of benzene rings is 3. The van der Waals surface area contributed by atoms with Crippen molar-refractivity contribution in [1.82, 2.24) is 9.80 Å². The molecule has 1 aliphatic rings. The molecule has 0 radical (unpaired) electrons. The summed E-state index contributed by atoms with van der Waals surface area (Å²) in [5.74, 6) is 0.643. The molecule has 2 N–H and O–H groups in total. The molecule has 0 bridgehead atoms. The van der Waals surface area contributed by atoms with Gasteiger partial charge in [0.1, 0.15) is 12.4 Å². The van der Waals surface area contributed by atoms with E-state index in [1.165, 1.54) is 23.3 Å². The zero-order chi connectivity index (χ0) is 22.4. The molecule has 1 saturated heterocycles. The van der Waals surface area contributed by atoms with Crippen molar-refractivity contribution >= 4 is 10.0 Å². The van der Waals surface area contributed by atoms with Crippen LogP contribution in [0.3, 0.4) is 0 Å². The molecule has 32 heavy (non-hydrogen) atoms. The van der Waals surface area contributed by atoms with E-state index in [-0.39, 0.29) is 10.9 Å². The average molecular weight is 452 g/mol. The molecule has 3 aromatic rings. The van der Waals surface area contributed by atoms with Crippen molar-refractivity contribution in [3.63, 3.8) is 0 Å². The summed E-state index contributed by atoms with van der Waals surface area (Å²) in [7, 11) is -3.68. The molecule has 1 heterocycles. The average Bonchev–Trinajstić information content (AvgIpc) is 2.81. The van der Waals surface area contributed by atoms with Gasteiger partial charge in [0, 0.05) is 32.7 Å². The minimum Gasteiger partial charge on any atom is -0.492 e. The van der Waals surface area contributed by atoms with Crippen LogP contribution >= 0.6 is 0 Å². The van der Waals surface area contributed by atoms with Gasteiger partial charge < -0.3 is 4.74 Å². The van der Waals surface area contributed by atoms with Crippen LogP contribution in [0.25, 0.3) is 0 Å². The number of nitrogens with zero attached hydrogens (tertiary/aromatic N) is 2. The smallest absolute Gasteiger partial charge is 0.238 e. The Morgan fingerprint density at radius 2 is 1.31 bits per heavy atom. The number of sulfonamides is 1. The predicted molar refractivity (Wildman–Crippen MR) is 126 cm³/mol. The van der Waals surface area contributed by atoms with Gasteiger partial charge in [-0.25, -0.2) is 13.6 Å². The van der Waals surface area contributed by atoms with E-state index in [1.807, 2.05) is 0 Å². The van der Waals surface area contributed by atoms with Gasteiger partial charge >= 0.3 is 0 Å². The third-order valence-electron chi connectivity index (χ3n) is 5.83. The lowest BCUT2D eigenvalue weighted by Gasteiger charge is -2.39. The fourth-order valence-electron chi connectivity index (χ4n) is 4.15. The van der Waals surface area contributed by atoms with Gasteiger partial charge in [-0.1, -0.05) is 60.7 Å². The van der Waals surface area contributed by atoms with Crippen LogP contribution in [0, 0.1) is 0 Å². The highest BCUT2D eigenvalue weighted by Crippen LogP contribution is 2.29. The summed E-state index contributed by atoms with van der Waals surface area (Å²) in [5.41, 5.74) is 2.64. The number of piperazine rings is 1. The Hall–Kier alpha value is -2.71. The molecule has 0 spiro atoms. The maximum Gasteiger partial charge on any atom is 0.238 e. The summed E-state index contributed by atoms with van der Waals surface area (Å²) in [6.45, 7) is 5.30. The Bertz CT molecular complexity index is 1040. The molecule has 4 rings (SSSR count). The summed E-state index contributed by atoms with van der Waals surface area (Å²) in [4.78, 5) is 5.04. The van der Waals surface area contributed by atoms with Crippen molar-refractivity contribution < 1.29 is 13.2 Å². The lowest BCUT2D eigenvalue weighted by Crippen LogP contribution is -2.48. The first-order valence-electron chi connectivity index (χ1n) is 10.8. The van der Waals surface area contributed by atoms with Crippen LogP contribution in [0.5, 0.6) is 5.75 Å². The van der Waals surface area contributed by atoms with E-state index in [1.54, 1.807) is 12.1 Å². The van der Waals surface area contributed by atoms with Crippen molar-refractivity contribution in [2.45, 2.75) is 10.9 Å². The summed E-state index contributed by atoms with van der Waals surface area (Å²) in [6.07, 6.45) is 0. The summed E-state index contributed by atoms with van der Waals surface area (Å²) >= 11 is 0. The van der Waals surface area contributed by atoms with Crippen LogP contribution in [-0.4, -0.2) is 57.5 Å². The maximum atomic E-state index is 11.3. The minimum absolute atomic E-state index is 0.0901. The zero-order valence-electron chi connectivity index (χ0n) is 18.0. The summed E-state index contributed by atoms with van der Waals surface area (Å²) < 4.78 is 28.5. The highest BCUT2D eigenvalue weighted by atomic mass is 32.2. The molecule has 0 saturated carbocycles. The third kappa shape index (κ3) is 5.75. The van der Waals surface area contributed by atoms with E-state index < -0.39 is 10.0 Å². The second-order valence-corrected chi connectivity index (χ2v) is 9.53. The van der Waals surface area contributed by atoms with E-state index in [0.717, 1.165) is 32.7 Å². The molecule has 0 atom stereocenters. The van der Waals surface area contributed by atoms with Gasteiger partial charge in [0.15, 0.2) is 0 Å². The Kier molecular flexibility index (Phi) is 7.22. The number of hydrogen-bond acceptors (Lipinski definition) is 5. The molecule has 0 unspecified atom stereocenters. The van der Waals surface area contributed by atoms with Crippen molar-refractivity contribution in [2.24, 2.45) is 5.14 Å². The Labute approximate surface area is 190 Å². The molecule has 0 aliphatic carbocycles. The first-order chi connectivity index (χ1) is 15.5. The van der Waals surface area contributed by atoms with Crippen molar-refractivity contribution in [3.05, 3.63) is 96.1 Å². The fourth-order valence-corrected chi connectivity index (χ4v) is 4.66. The van der Waals surface area contributed by atoms with Crippen LogP contribution in [0.2, 0.25) is 0 Å². The third-order valence-corrected chi connectivity index (χ3v) is 6.76. The topological polar surface area (TPSA) is 75.9 Å². The number of hydrogen-bond donors (Lipinski definition) is 1. The van der Waals surface area contributed by atoms with Crippen LogP contribution in [0.1, 0.15) is 17.2 Å². The van der Waals surface area contributed by atoms with E-state index in [4.69, 9.17) is 9.88 Å². The van der Waals surface area contributed by atoms with Crippen molar-refractivity contribution in [3.8, 4) is 5.75 Å². The second kappa shape index (κ2) is 10.3. The monoisotopic (exact) mass is 451 g/mol. The summed E-state index contributed by atoms with van der Waals surface area (Å²) in [5, 5.41) is 5.13. The minimum atomic E-state index is -3.68. The normalized spacial score (nSPS) is 15.7. The van der Waals surface area contributed by atoms with Crippen molar-refractivity contribution in [2.75, 3.05) is 39.3 Å². The Morgan fingerprint density at radius 3 is 1.81 bits per heavy atom. The van der Waals surface area contributed by atoms with Crippen LogP contribution in [-0.2, 0) is 10.0 Å². The number of primary sulfonamides is 1. The van der Waals surface area contributed by atoms with Gasteiger partial charge in [-0.3, -0.25) is 9.80 Å². The number of rotatable bonds is 8. The van der Waals surface area contributed by atoms with Gasteiger partial charge in [-0.2, -0.15) is 0 Å². The first kappa shape index (κ1) is 22.5. The van der Waals surface area contributed by atoms with E-state index in [9.17, 15) is 8.42 Å². The lowest BCUT2D eigenvalue weighted by molar-refractivity contribution is 0.0977. The molecule has 0 aromatic heterocycles. The predicted octanol–water partition coefficient (Wildman–Crippen LogP) is 3.12. The SMILES string of the molecule is NS(=O)(=O)c1ccc(OCCN2CCN(C(c3ccccc3)c3ccccc3)CC2)cc1. The first-order valence-corrected chi connectivity index (χ1v) is 12.4. The molecule has 7 heteroatoms. The zero-order valence-corrected chi connectivity index (χ0v) is 18.8. The van der Waals surface area contributed by atoms with Gasteiger partial charge in [-0.15, -0.1) is 0 Å². The fraction of sp³-hybridized carbons (Fsp3) is 0.280. The van der Waals surface area contributed by atoms with E-state index in [0.29, 0.717) is 12.4 Å². The van der Waals surface area contributed by atoms with Crippen LogP contribution in [0.15, 0.2) is 89.8 Å². The molecule has 1 fully saturated rings. The molecule has 168 valence electrons. The molecule has 6 nitrogen and oxygen atoms in total. The molecular formula is C25H29N3O3S. The molecular weight excluding hydrogens is 422 g/mol.